The monoisotopic (exact) mass is 450 g/mol. The number of aromatic hydroxyl groups is 1. The minimum Gasteiger partial charge on any atom is -0.493 e. The van der Waals surface area contributed by atoms with Crippen LogP contribution in [0.1, 0.15) is 6.92 Å². The number of aryl methyl sites for hydroxylation is 1. The van der Waals surface area contributed by atoms with E-state index in [4.69, 9.17) is 0 Å². The number of nitrogens with zero attached hydrogens (tertiary/aromatic N) is 6. The number of hydrogen-bond acceptors (Lipinski definition) is 8. The number of benzene rings is 3. The maximum absolute atomic E-state index is 10.7. The predicted molar refractivity (Wildman–Crippen MR) is 133 cm³/mol. The molecule has 168 valence electrons. The zero-order chi connectivity index (χ0) is 23.3. The molecule has 0 aliphatic rings. The summed E-state index contributed by atoms with van der Waals surface area (Å²) < 4.78 is 1.78. The number of para-hydroxylation sites is 3. The summed E-state index contributed by atoms with van der Waals surface area (Å²) in [6.45, 7) is 2.56. The fourth-order valence-electron chi connectivity index (χ4n) is 3.61. The van der Waals surface area contributed by atoms with Gasteiger partial charge in [0.05, 0.1) is 5.52 Å². The van der Waals surface area contributed by atoms with E-state index in [-0.39, 0.29) is 11.8 Å². The number of nitrogens with one attached hydrogen (secondary N) is 2. The lowest BCUT2D eigenvalue weighted by Gasteiger charge is -2.08. The Morgan fingerprint density at radius 2 is 1.29 bits per heavy atom. The second-order valence-electron chi connectivity index (χ2n) is 7.40. The van der Waals surface area contributed by atoms with Crippen LogP contribution < -0.4 is 10.6 Å². The van der Waals surface area contributed by atoms with Crippen molar-refractivity contribution in [2.45, 2.75) is 13.5 Å². The maximum Gasteiger partial charge on any atom is 0.275 e. The number of rotatable bonds is 7. The molecule has 34 heavy (non-hydrogen) atoms. The summed E-state index contributed by atoms with van der Waals surface area (Å²) in [5.41, 5.74) is 2.90. The van der Waals surface area contributed by atoms with Crippen molar-refractivity contribution >= 4 is 45.8 Å². The van der Waals surface area contributed by atoms with Crippen molar-refractivity contribution < 1.29 is 5.11 Å². The normalized spacial score (nSPS) is 11.2. The molecule has 0 unspecified atom stereocenters. The van der Waals surface area contributed by atoms with Gasteiger partial charge in [0, 0.05) is 23.3 Å². The second kappa shape index (κ2) is 9.37. The molecule has 5 aromatic rings. The van der Waals surface area contributed by atoms with Gasteiger partial charge in [0.1, 0.15) is 0 Å². The Balaban J connectivity index is 1.53. The Hall–Kier alpha value is -4.79. The van der Waals surface area contributed by atoms with Crippen LogP contribution in [0.3, 0.4) is 0 Å². The molecule has 9 nitrogen and oxygen atoms in total. The summed E-state index contributed by atoms with van der Waals surface area (Å²) in [4.78, 5) is 13.3. The summed E-state index contributed by atoms with van der Waals surface area (Å²) in [5, 5.41) is 26.4. The van der Waals surface area contributed by atoms with Crippen LogP contribution in [0.4, 0.5) is 34.9 Å². The molecule has 0 radical (unpaired) electrons. The first-order valence-electron chi connectivity index (χ1n) is 10.8. The van der Waals surface area contributed by atoms with E-state index in [0.29, 0.717) is 24.1 Å². The molecule has 0 atom stereocenters. The highest BCUT2D eigenvalue weighted by Crippen LogP contribution is 2.39. The van der Waals surface area contributed by atoms with E-state index in [1.807, 2.05) is 91.9 Å². The Morgan fingerprint density at radius 1 is 0.735 bits per heavy atom. The van der Waals surface area contributed by atoms with E-state index in [1.165, 1.54) is 0 Å². The van der Waals surface area contributed by atoms with E-state index >= 15 is 0 Å². The highest BCUT2D eigenvalue weighted by atomic mass is 16.3. The molecule has 0 amide bonds. The maximum atomic E-state index is 10.7. The molecule has 3 N–H and O–H groups in total. The molecule has 9 heteroatoms. The van der Waals surface area contributed by atoms with Crippen LogP contribution >= 0.6 is 0 Å². The third-order valence-electron chi connectivity index (χ3n) is 5.16. The second-order valence-corrected chi connectivity index (χ2v) is 7.40. The summed E-state index contributed by atoms with van der Waals surface area (Å²) in [7, 11) is 0. The summed E-state index contributed by atoms with van der Waals surface area (Å²) in [5.74, 6) is 0.772. The predicted octanol–water partition coefficient (Wildman–Crippen LogP) is 6.45. The van der Waals surface area contributed by atoms with Gasteiger partial charge in [-0.05, 0) is 37.3 Å². The van der Waals surface area contributed by atoms with E-state index < -0.39 is 0 Å². The van der Waals surface area contributed by atoms with E-state index in [2.05, 4.69) is 35.8 Å². The molecule has 2 heterocycles. The number of aromatic nitrogens is 4. The smallest absolute Gasteiger partial charge is 0.275 e. The Bertz CT molecular complexity index is 1390. The van der Waals surface area contributed by atoms with Crippen LogP contribution in [0.25, 0.3) is 10.9 Å². The topological polar surface area (TPSA) is 113 Å². The van der Waals surface area contributed by atoms with Gasteiger partial charge in [-0.2, -0.15) is 15.0 Å². The van der Waals surface area contributed by atoms with Crippen molar-refractivity contribution in [3.8, 4) is 5.88 Å². The number of anilines is 4. The zero-order valence-corrected chi connectivity index (χ0v) is 18.4. The molecule has 0 aliphatic heterocycles. The lowest BCUT2D eigenvalue weighted by atomic mass is 10.2. The van der Waals surface area contributed by atoms with Crippen LogP contribution in [-0.4, -0.2) is 24.6 Å². The third kappa shape index (κ3) is 4.40. The summed E-state index contributed by atoms with van der Waals surface area (Å²) in [6.07, 6.45) is 0. The van der Waals surface area contributed by atoms with Crippen molar-refractivity contribution in [3.63, 3.8) is 0 Å². The highest BCUT2D eigenvalue weighted by Gasteiger charge is 2.15. The van der Waals surface area contributed by atoms with Gasteiger partial charge in [-0.1, -0.05) is 54.6 Å². The van der Waals surface area contributed by atoms with Crippen molar-refractivity contribution in [2.75, 3.05) is 10.6 Å². The number of hydrogen-bond donors (Lipinski definition) is 3. The van der Waals surface area contributed by atoms with Gasteiger partial charge in [0.15, 0.2) is 5.69 Å². The number of azo groups is 1. The van der Waals surface area contributed by atoms with Gasteiger partial charge >= 0.3 is 0 Å². The van der Waals surface area contributed by atoms with Crippen LogP contribution in [0.15, 0.2) is 95.2 Å². The SMILES string of the molecule is CCn1c(O)c(N=Nc2nc(Nc3ccccc3)nc(Nc3ccccc3)n2)c2ccccc21. The van der Waals surface area contributed by atoms with Gasteiger partial charge in [-0.15, -0.1) is 10.2 Å². The van der Waals surface area contributed by atoms with Crippen LogP contribution in [-0.2, 0) is 6.54 Å². The molecule has 0 saturated carbocycles. The van der Waals surface area contributed by atoms with Crippen molar-refractivity contribution in [1.82, 2.24) is 19.5 Å². The lowest BCUT2D eigenvalue weighted by molar-refractivity contribution is 0.427. The van der Waals surface area contributed by atoms with Gasteiger partial charge in [-0.25, -0.2) is 0 Å². The van der Waals surface area contributed by atoms with Crippen LogP contribution in [0, 0.1) is 0 Å². The fourth-order valence-corrected chi connectivity index (χ4v) is 3.61. The van der Waals surface area contributed by atoms with Crippen molar-refractivity contribution in [1.29, 1.82) is 0 Å². The fraction of sp³-hybridized carbons (Fsp3) is 0.0800. The average Bonchev–Trinajstić information content (AvgIpc) is 3.14. The first kappa shape index (κ1) is 21.1. The van der Waals surface area contributed by atoms with Crippen LogP contribution in [0.5, 0.6) is 5.88 Å². The largest absolute Gasteiger partial charge is 0.493 e. The van der Waals surface area contributed by atoms with Gasteiger partial charge in [-0.3, -0.25) is 0 Å². The molecule has 0 aliphatic carbocycles. The quantitative estimate of drug-likeness (QED) is 0.245. The molecule has 0 fully saturated rings. The van der Waals surface area contributed by atoms with Crippen molar-refractivity contribution in [2.24, 2.45) is 10.2 Å². The molecule has 0 saturated heterocycles. The summed E-state index contributed by atoms with van der Waals surface area (Å²) >= 11 is 0. The molecule has 3 aromatic carbocycles. The minimum atomic E-state index is 0.0479. The molecule has 0 bridgehead atoms. The zero-order valence-electron chi connectivity index (χ0n) is 18.4. The average molecular weight is 451 g/mol. The van der Waals surface area contributed by atoms with Gasteiger partial charge < -0.3 is 20.3 Å². The Kier molecular flexibility index (Phi) is 5.81. The number of fused-ring (bicyclic) bond motifs is 1. The van der Waals surface area contributed by atoms with E-state index in [9.17, 15) is 5.11 Å². The Labute approximate surface area is 195 Å². The van der Waals surface area contributed by atoms with Crippen LogP contribution in [0.2, 0.25) is 0 Å². The first-order valence-corrected chi connectivity index (χ1v) is 10.8. The standard InChI is InChI=1S/C25H22N8O/c1-2-33-20-16-10-9-15-19(20)21(22(33)34)31-32-25-29-23(26-17-11-5-3-6-12-17)28-24(30-25)27-18-13-7-4-8-14-18/h3-16,34H,2H2,1H3,(H2,26,27,28,29,30). The van der Waals surface area contributed by atoms with Crippen molar-refractivity contribution in [3.05, 3.63) is 84.9 Å². The Morgan fingerprint density at radius 3 is 1.88 bits per heavy atom. The van der Waals surface area contributed by atoms with Gasteiger partial charge in [0.25, 0.3) is 5.95 Å². The van der Waals surface area contributed by atoms with E-state index in [0.717, 1.165) is 22.3 Å². The molecule has 0 spiro atoms. The van der Waals surface area contributed by atoms with Gasteiger partial charge in [0.2, 0.25) is 17.8 Å². The highest BCUT2D eigenvalue weighted by molar-refractivity contribution is 5.95. The minimum absolute atomic E-state index is 0.0479. The first-order chi connectivity index (χ1) is 16.7. The lowest BCUT2D eigenvalue weighted by Crippen LogP contribution is -2.03. The molecule has 2 aromatic heterocycles. The summed E-state index contributed by atoms with van der Waals surface area (Å²) in [6, 6.07) is 26.8. The third-order valence-corrected chi connectivity index (χ3v) is 5.16. The molecule has 5 rings (SSSR count). The molecular formula is C25H22N8O. The molecular weight excluding hydrogens is 428 g/mol. The van der Waals surface area contributed by atoms with E-state index in [1.54, 1.807) is 4.57 Å².